The lowest BCUT2D eigenvalue weighted by molar-refractivity contribution is -0.137. The van der Waals surface area contributed by atoms with Gasteiger partial charge in [-0.3, -0.25) is 4.79 Å². The predicted molar refractivity (Wildman–Crippen MR) is 101 cm³/mol. The van der Waals surface area contributed by atoms with Crippen LogP contribution < -0.4 is 4.90 Å². The van der Waals surface area contributed by atoms with E-state index in [1.54, 1.807) is 6.33 Å². The van der Waals surface area contributed by atoms with E-state index in [2.05, 4.69) is 43.8 Å². The van der Waals surface area contributed by atoms with E-state index in [0.29, 0.717) is 12.3 Å². The summed E-state index contributed by atoms with van der Waals surface area (Å²) in [6, 6.07) is 4.25. The van der Waals surface area contributed by atoms with Gasteiger partial charge in [0.2, 0.25) is 5.91 Å². The maximum atomic E-state index is 12.4. The summed E-state index contributed by atoms with van der Waals surface area (Å²) in [6.07, 6.45) is 10.3. The van der Waals surface area contributed by atoms with Crippen molar-refractivity contribution < 1.29 is 4.79 Å². The van der Waals surface area contributed by atoms with Gasteiger partial charge in [-0.1, -0.05) is 6.07 Å². The zero-order valence-electron chi connectivity index (χ0n) is 15.4. The van der Waals surface area contributed by atoms with E-state index in [9.17, 15) is 4.79 Å². The minimum absolute atomic E-state index is 0.201. The number of H-pyrrole nitrogens is 1. The largest absolute Gasteiger partial charge is 0.356 e. The molecule has 2 aromatic rings. The molecule has 2 saturated heterocycles. The van der Waals surface area contributed by atoms with Gasteiger partial charge >= 0.3 is 0 Å². The topological polar surface area (TPSA) is 65.1 Å². The van der Waals surface area contributed by atoms with Crippen LogP contribution in [0.15, 0.2) is 30.9 Å². The van der Waals surface area contributed by atoms with E-state index in [4.69, 9.17) is 0 Å². The standard InChI is InChI=1S/C20H27N5O/c1-16-3-4-18(22-11-16)24-9-2-7-20(13-24)8-5-19(26)25(14-20)10-6-17-12-21-15-23-17/h3-4,11-12,15H,2,5-10,13-14H2,1H3,(H,21,23)/t20-/m0/s1. The Morgan fingerprint density at radius 3 is 2.92 bits per heavy atom. The van der Waals surface area contributed by atoms with E-state index in [1.807, 2.05) is 12.4 Å². The lowest BCUT2D eigenvalue weighted by atomic mass is 9.73. The molecule has 0 bridgehead atoms. The van der Waals surface area contributed by atoms with Crippen LogP contribution in [-0.4, -0.2) is 51.9 Å². The summed E-state index contributed by atoms with van der Waals surface area (Å²) in [7, 11) is 0. The first-order valence-corrected chi connectivity index (χ1v) is 9.56. The SMILES string of the molecule is Cc1ccc(N2CCC[C@]3(CCC(=O)N(CCc4cnc[nH]4)C3)C2)nc1. The van der Waals surface area contributed by atoms with Gasteiger partial charge in [0.05, 0.1) is 6.33 Å². The van der Waals surface area contributed by atoms with Crippen LogP contribution in [0.3, 0.4) is 0 Å². The highest BCUT2D eigenvalue weighted by Gasteiger charge is 2.41. The second-order valence-electron chi connectivity index (χ2n) is 7.86. The summed E-state index contributed by atoms with van der Waals surface area (Å²) in [5, 5.41) is 0. The van der Waals surface area contributed by atoms with Crippen molar-refractivity contribution in [3.8, 4) is 0 Å². The second kappa shape index (κ2) is 7.09. The van der Waals surface area contributed by atoms with Crippen LogP contribution in [0.2, 0.25) is 0 Å². The maximum Gasteiger partial charge on any atom is 0.222 e. The number of aromatic amines is 1. The summed E-state index contributed by atoms with van der Waals surface area (Å²) >= 11 is 0. The molecule has 1 atom stereocenters. The number of nitrogens with zero attached hydrogens (tertiary/aromatic N) is 4. The first-order valence-electron chi connectivity index (χ1n) is 9.56. The third kappa shape index (κ3) is 3.59. The second-order valence-corrected chi connectivity index (χ2v) is 7.86. The normalized spacial score (nSPS) is 23.7. The smallest absolute Gasteiger partial charge is 0.222 e. The number of anilines is 1. The monoisotopic (exact) mass is 353 g/mol. The number of aromatic nitrogens is 3. The summed E-state index contributed by atoms with van der Waals surface area (Å²) < 4.78 is 0. The van der Waals surface area contributed by atoms with Crippen LogP contribution in [0.1, 0.15) is 36.9 Å². The number of aryl methyl sites for hydroxylation is 1. The van der Waals surface area contributed by atoms with Crippen molar-refractivity contribution in [2.45, 2.75) is 39.0 Å². The summed E-state index contributed by atoms with van der Waals surface area (Å²) in [4.78, 5) is 28.7. The van der Waals surface area contributed by atoms with Crippen molar-refractivity contribution >= 4 is 11.7 Å². The summed E-state index contributed by atoms with van der Waals surface area (Å²) in [6.45, 7) is 5.75. The number of carbonyl (C=O) groups excluding carboxylic acids is 1. The number of rotatable bonds is 4. The van der Waals surface area contributed by atoms with Gasteiger partial charge in [0.15, 0.2) is 0 Å². The third-order valence-corrected chi connectivity index (χ3v) is 5.84. The van der Waals surface area contributed by atoms with E-state index in [-0.39, 0.29) is 5.41 Å². The van der Waals surface area contributed by atoms with E-state index in [0.717, 1.165) is 57.0 Å². The van der Waals surface area contributed by atoms with Crippen LogP contribution >= 0.6 is 0 Å². The number of hydrogen-bond acceptors (Lipinski definition) is 4. The van der Waals surface area contributed by atoms with E-state index in [1.165, 1.54) is 12.0 Å². The van der Waals surface area contributed by atoms with Crippen LogP contribution in [0.4, 0.5) is 5.82 Å². The molecule has 2 fully saturated rings. The molecular weight excluding hydrogens is 326 g/mol. The molecule has 138 valence electrons. The number of imidazole rings is 1. The van der Waals surface area contributed by atoms with Crippen molar-refractivity contribution in [1.82, 2.24) is 19.9 Å². The Kier molecular flexibility index (Phi) is 4.66. The van der Waals surface area contributed by atoms with Crippen molar-refractivity contribution in [2.75, 3.05) is 31.1 Å². The Balaban J connectivity index is 1.44. The zero-order valence-corrected chi connectivity index (χ0v) is 15.4. The van der Waals surface area contributed by atoms with Gasteiger partial charge in [-0.05, 0) is 37.8 Å². The Labute approximate surface area is 154 Å². The lowest BCUT2D eigenvalue weighted by Crippen LogP contribution is -2.54. The van der Waals surface area contributed by atoms with Crippen LogP contribution in [0.25, 0.3) is 0 Å². The zero-order chi connectivity index (χ0) is 18.0. The van der Waals surface area contributed by atoms with E-state index >= 15 is 0 Å². The van der Waals surface area contributed by atoms with Crippen LogP contribution in [-0.2, 0) is 11.2 Å². The fourth-order valence-electron chi connectivity index (χ4n) is 4.37. The van der Waals surface area contributed by atoms with Crippen molar-refractivity contribution in [3.05, 3.63) is 42.1 Å². The molecule has 4 rings (SSSR count). The molecule has 2 aromatic heterocycles. The molecule has 0 unspecified atom stereocenters. The van der Waals surface area contributed by atoms with Crippen LogP contribution in [0, 0.1) is 12.3 Å². The van der Waals surface area contributed by atoms with Gasteiger partial charge in [0.25, 0.3) is 0 Å². The highest BCUT2D eigenvalue weighted by molar-refractivity contribution is 5.77. The Bertz CT molecular complexity index is 742. The highest BCUT2D eigenvalue weighted by atomic mass is 16.2. The number of piperidine rings is 2. The molecule has 26 heavy (non-hydrogen) atoms. The molecule has 0 aromatic carbocycles. The first-order chi connectivity index (χ1) is 12.6. The number of carbonyl (C=O) groups is 1. The minimum Gasteiger partial charge on any atom is -0.356 e. The molecular formula is C20H27N5O. The number of hydrogen-bond donors (Lipinski definition) is 1. The third-order valence-electron chi connectivity index (χ3n) is 5.84. The molecule has 6 nitrogen and oxygen atoms in total. The predicted octanol–water partition coefficient (Wildman–Crippen LogP) is 2.56. The molecule has 0 aliphatic carbocycles. The minimum atomic E-state index is 0.201. The van der Waals surface area contributed by atoms with Gasteiger partial charge in [-0.2, -0.15) is 0 Å². The quantitative estimate of drug-likeness (QED) is 0.917. The Morgan fingerprint density at radius 1 is 1.23 bits per heavy atom. The van der Waals surface area contributed by atoms with E-state index < -0.39 is 0 Å². The van der Waals surface area contributed by atoms with Gasteiger partial charge in [0.1, 0.15) is 5.82 Å². The van der Waals surface area contributed by atoms with Crippen molar-refractivity contribution in [3.63, 3.8) is 0 Å². The molecule has 0 saturated carbocycles. The Morgan fingerprint density at radius 2 is 2.15 bits per heavy atom. The number of nitrogens with one attached hydrogen (secondary N) is 1. The average molecular weight is 353 g/mol. The lowest BCUT2D eigenvalue weighted by Gasteiger charge is -2.48. The molecule has 6 heteroatoms. The average Bonchev–Trinajstić information content (AvgIpc) is 3.17. The number of amides is 1. The number of likely N-dealkylation sites (tertiary alicyclic amines) is 1. The highest BCUT2D eigenvalue weighted by Crippen LogP contribution is 2.39. The Hall–Kier alpha value is -2.37. The summed E-state index contributed by atoms with van der Waals surface area (Å²) in [5.74, 6) is 1.36. The van der Waals surface area contributed by atoms with Gasteiger partial charge in [0, 0.05) is 62.5 Å². The fraction of sp³-hybridized carbons (Fsp3) is 0.550. The first kappa shape index (κ1) is 17.1. The molecule has 0 radical (unpaired) electrons. The molecule has 1 amide bonds. The van der Waals surface area contributed by atoms with Gasteiger partial charge < -0.3 is 14.8 Å². The fourth-order valence-corrected chi connectivity index (χ4v) is 4.37. The molecule has 2 aliphatic heterocycles. The van der Waals surface area contributed by atoms with Gasteiger partial charge in [-0.25, -0.2) is 9.97 Å². The molecule has 4 heterocycles. The van der Waals surface area contributed by atoms with Gasteiger partial charge in [-0.15, -0.1) is 0 Å². The number of pyridine rings is 1. The summed E-state index contributed by atoms with van der Waals surface area (Å²) in [5.41, 5.74) is 2.48. The molecule has 1 spiro atoms. The van der Waals surface area contributed by atoms with Crippen molar-refractivity contribution in [2.24, 2.45) is 5.41 Å². The maximum absolute atomic E-state index is 12.4. The van der Waals surface area contributed by atoms with Crippen LogP contribution in [0.5, 0.6) is 0 Å². The van der Waals surface area contributed by atoms with Crippen molar-refractivity contribution in [1.29, 1.82) is 0 Å². The molecule has 1 N–H and O–H groups in total. The molecule has 2 aliphatic rings.